The largest absolute Gasteiger partial charge is 0.434 e. The van der Waals surface area contributed by atoms with Crippen LogP contribution in [0.4, 0.5) is 14.5 Å². The van der Waals surface area contributed by atoms with E-state index in [9.17, 15) is 17.8 Å². The maximum absolute atomic E-state index is 13.4. The Kier molecular flexibility index (Phi) is 7.72. The normalized spacial score (nSPS) is 18.7. The van der Waals surface area contributed by atoms with Gasteiger partial charge in [0.2, 0.25) is 0 Å². The molecule has 1 unspecified atom stereocenters. The molecule has 240 valence electrons. The number of nitrogens with zero attached hydrogens (tertiary/aromatic N) is 4. The van der Waals surface area contributed by atoms with E-state index in [-0.39, 0.29) is 16.9 Å². The number of carbonyl (C=O) groups is 1. The number of amides is 1. The third kappa shape index (κ3) is 5.93. The van der Waals surface area contributed by atoms with Crippen LogP contribution in [-0.2, 0) is 9.71 Å². The first kappa shape index (κ1) is 30.9. The van der Waals surface area contributed by atoms with Crippen molar-refractivity contribution < 1.29 is 27.0 Å². The first-order valence-corrected chi connectivity index (χ1v) is 17.6. The van der Waals surface area contributed by atoms with Crippen LogP contribution < -0.4 is 14.4 Å². The van der Waals surface area contributed by atoms with Crippen molar-refractivity contribution in [3.8, 4) is 17.0 Å². The SMILES string of the molecule is C=S(C)(=O)NC(=O)c1cc(OC(F)F)c2cc(N3CCC4(C=C(c5c(-c6c(Cl)cncc6Cl)noc5C5CC5)C4)CC3)ccc2n1. The number of rotatable bonds is 8. The third-order valence-corrected chi connectivity index (χ3v) is 9.93. The Morgan fingerprint density at radius 3 is 2.50 bits per heavy atom. The van der Waals surface area contributed by atoms with Crippen molar-refractivity contribution in [2.24, 2.45) is 5.41 Å². The molecule has 1 spiro atoms. The number of ether oxygens (including phenoxy) is 1. The molecule has 14 heteroatoms. The predicted octanol–water partition coefficient (Wildman–Crippen LogP) is 7.14. The number of hydrogen-bond donors (Lipinski definition) is 1. The van der Waals surface area contributed by atoms with E-state index >= 15 is 0 Å². The van der Waals surface area contributed by atoms with Crippen molar-refractivity contribution in [1.82, 2.24) is 19.8 Å². The monoisotopic (exact) mass is 687 g/mol. The zero-order valence-corrected chi connectivity index (χ0v) is 27.0. The van der Waals surface area contributed by atoms with Gasteiger partial charge in [-0.1, -0.05) is 34.4 Å². The fraction of sp³-hybridized carbons (Fsp3) is 0.344. The van der Waals surface area contributed by atoms with Crippen LogP contribution in [0.5, 0.6) is 5.75 Å². The van der Waals surface area contributed by atoms with Gasteiger partial charge in [0.25, 0.3) is 5.91 Å². The molecule has 0 bridgehead atoms. The number of benzene rings is 1. The number of aromatic nitrogens is 3. The molecule has 3 aliphatic rings. The van der Waals surface area contributed by atoms with Crippen LogP contribution in [-0.4, -0.2) is 57.1 Å². The molecular weight excluding hydrogens is 659 g/mol. The molecule has 4 aromatic rings. The molecule has 4 heterocycles. The maximum atomic E-state index is 13.4. The van der Waals surface area contributed by atoms with Gasteiger partial charge in [0, 0.05) is 75.6 Å². The lowest BCUT2D eigenvalue weighted by molar-refractivity contribution is -0.0488. The van der Waals surface area contributed by atoms with Crippen molar-refractivity contribution in [1.29, 1.82) is 0 Å². The maximum Gasteiger partial charge on any atom is 0.387 e. The molecule has 1 aliphatic heterocycles. The fourth-order valence-electron chi connectivity index (χ4n) is 6.39. The van der Waals surface area contributed by atoms with E-state index in [4.69, 9.17) is 32.5 Å². The van der Waals surface area contributed by atoms with Gasteiger partial charge < -0.3 is 14.2 Å². The highest BCUT2D eigenvalue weighted by Gasteiger charge is 2.44. The second-order valence-corrected chi connectivity index (χ2v) is 15.3. The number of nitrogens with one attached hydrogen (secondary N) is 1. The zero-order valence-electron chi connectivity index (χ0n) is 24.7. The highest BCUT2D eigenvalue weighted by Crippen LogP contribution is 2.56. The number of anilines is 1. The molecule has 2 aliphatic carbocycles. The number of carbonyl (C=O) groups excluding carboxylic acids is 1. The van der Waals surface area contributed by atoms with Crippen molar-refractivity contribution in [3.63, 3.8) is 0 Å². The van der Waals surface area contributed by atoms with Gasteiger partial charge in [0.05, 0.1) is 15.6 Å². The van der Waals surface area contributed by atoms with E-state index in [1.807, 2.05) is 6.07 Å². The average Bonchev–Trinajstić information content (AvgIpc) is 3.74. The Hall–Kier alpha value is -3.74. The molecule has 1 aromatic carbocycles. The minimum Gasteiger partial charge on any atom is -0.434 e. The summed E-state index contributed by atoms with van der Waals surface area (Å²) in [4.78, 5) is 23.1. The van der Waals surface area contributed by atoms with Crippen LogP contribution in [0, 0.1) is 5.41 Å². The summed E-state index contributed by atoms with van der Waals surface area (Å²) in [7, 11) is -2.89. The molecule has 3 aromatic heterocycles. The predicted molar refractivity (Wildman–Crippen MR) is 175 cm³/mol. The summed E-state index contributed by atoms with van der Waals surface area (Å²) < 4.78 is 51.6. The molecule has 2 fully saturated rings. The van der Waals surface area contributed by atoms with Gasteiger partial charge in [-0.15, -0.1) is 0 Å². The van der Waals surface area contributed by atoms with Gasteiger partial charge in [-0.25, -0.2) is 9.19 Å². The Bertz CT molecular complexity index is 2000. The molecule has 1 amide bonds. The number of piperidine rings is 1. The highest BCUT2D eigenvalue weighted by atomic mass is 35.5. The van der Waals surface area contributed by atoms with Gasteiger partial charge in [0.1, 0.15) is 22.9 Å². The second-order valence-electron chi connectivity index (χ2n) is 12.2. The van der Waals surface area contributed by atoms with E-state index < -0.39 is 22.2 Å². The summed E-state index contributed by atoms with van der Waals surface area (Å²) in [6.07, 6.45) is 11.5. The Morgan fingerprint density at radius 1 is 1.17 bits per heavy atom. The van der Waals surface area contributed by atoms with Gasteiger partial charge in [-0.3, -0.25) is 14.5 Å². The first-order chi connectivity index (χ1) is 21.9. The molecular formula is C32H29Cl2F2N5O4S. The number of alkyl halides is 2. The number of halogens is 4. The lowest BCUT2D eigenvalue weighted by Gasteiger charge is -2.47. The molecule has 46 heavy (non-hydrogen) atoms. The Morgan fingerprint density at radius 2 is 1.87 bits per heavy atom. The number of allylic oxidation sites excluding steroid dienone is 2. The molecule has 0 radical (unpaired) electrons. The summed E-state index contributed by atoms with van der Waals surface area (Å²) >= 11 is 13.0. The zero-order chi connectivity index (χ0) is 32.4. The lowest BCUT2D eigenvalue weighted by Crippen LogP contribution is -2.42. The van der Waals surface area contributed by atoms with Gasteiger partial charge >= 0.3 is 6.61 Å². The topological polar surface area (TPSA) is 110 Å². The van der Waals surface area contributed by atoms with Crippen LogP contribution in [0.2, 0.25) is 10.0 Å². The highest BCUT2D eigenvalue weighted by molar-refractivity contribution is 7.98. The molecule has 1 saturated carbocycles. The lowest BCUT2D eigenvalue weighted by atomic mass is 9.63. The van der Waals surface area contributed by atoms with Crippen molar-refractivity contribution in [2.45, 2.75) is 44.6 Å². The Labute approximate surface area is 274 Å². The summed E-state index contributed by atoms with van der Waals surface area (Å²) in [5.41, 5.74) is 4.39. The molecule has 1 atom stereocenters. The number of pyridine rings is 2. The second kappa shape index (κ2) is 11.5. The van der Waals surface area contributed by atoms with E-state index in [1.54, 1.807) is 24.5 Å². The van der Waals surface area contributed by atoms with Crippen LogP contribution in [0.1, 0.15) is 59.8 Å². The van der Waals surface area contributed by atoms with Crippen LogP contribution >= 0.6 is 23.2 Å². The van der Waals surface area contributed by atoms with Crippen molar-refractivity contribution in [2.75, 3.05) is 24.2 Å². The fourth-order valence-corrected chi connectivity index (χ4v) is 7.44. The van der Waals surface area contributed by atoms with E-state index in [1.165, 1.54) is 11.8 Å². The quantitative estimate of drug-likeness (QED) is 0.195. The van der Waals surface area contributed by atoms with Crippen molar-refractivity contribution >= 4 is 66.9 Å². The standard InChI is InChI=1S/C32H29Cl2F2N5O4S/c1-46(2,43)40-30(42)24-12-25(44-31(35)36)20-11-19(5-6-23(20)38-24)41-9-7-32(8-10-41)13-18(14-32)26-28(39-45-29(26)17-3-4-17)27-21(33)15-37-16-22(27)34/h5-6,11-13,15-17,31H,1,3-4,7-10,14H2,2H3,(H,40,42,43). The van der Waals surface area contributed by atoms with E-state index in [0.717, 1.165) is 68.3 Å². The molecule has 1 saturated heterocycles. The average molecular weight is 689 g/mol. The summed E-state index contributed by atoms with van der Waals surface area (Å²) in [5, 5.41) is 5.60. The minimum absolute atomic E-state index is 0.0177. The van der Waals surface area contributed by atoms with Gasteiger partial charge in [-0.05, 0) is 67.2 Å². The third-order valence-electron chi connectivity index (χ3n) is 8.74. The molecule has 9 nitrogen and oxygen atoms in total. The van der Waals surface area contributed by atoms with E-state index in [2.05, 4.69) is 36.7 Å². The number of fused-ring (bicyclic) bond motifs is 1. The van der Waals surface area contributed by atoms with Crippen LogP contribution in [0.3, 0.4) is 0 Å². The summed E-state index contributed by atoms with van der Waals surface area (Å²) in [6, 6.07) is 6.40. The van der Waals surface area contributed by atoms with Crippen LogP contribution in [0.15, 0.2) is 47.3 Å². The minimum atomic E-state index is -3.11. The summed E-state index contributed by atoms with van der Waals surface area (Å²) in [6.45, 7) is -1.62. The first-order valence-electron chi connectivity index (χ1n) is 14.7. The van der Waals surface area contributed by atoms with E-state index in [0.29, 0.717) is 38.1 Å². The summed E-state index contributed by atoms with van der Waals surface area (Å²) in [5.74, 6) is 3.64. The van der Waals surface area contributed by atoms with Crippen LogP contribution in [0.25, 0.3) is 27.7 Å². The van der Waals surface area contributed by atoms with Gasteiger partial charge in [0.15, 0.2) is 0 Å². The van der Waals surface area contributed by atoms with Gasteiger partial charge in [-0.2, -0.15) is 8.78 Å². The number of hydrogen-bond acceptors (Lipinski definition) is 8. The Balaban J connectivity index is 1.13. The smallest absolute Gasteiger partial charge is 0.387 e. The molecule has 7 rings (SSSR count). The molecule has 1 N–H and O–H groups in total. The van der Waals surface area contributed by atoms with Crippen molar-refractivity contribution in [3.05, 3.63) is 69.8 Å².